The number of esters is 1. The van der Waals surface area contributed by atoms with E-state index >= 15 is 0 Å². The molecule has 0 spiro atoms. The van der Waals surface area contributed by atoms with E-state index in [9.17, 15) is 13.2 Å². The van der Waals surface area contributed by atoms with Gasteiger partial charge in [0, 0.05) is 0 Å². The Kier molecular flexibility index (Phi) is 5.07. The summed E-state index contributed by atoms with van der Waals surface area (Å²) >= 11 is 0. The second-order valence-corrected chi connectivity index (χ2v) is 4.05. The van der Waals surface area contributed by atoms with Crippen molar-refractivity contribution in [1.82, 2.24) is 4.72 Å². The first kappa shape index (κ1) is 12.8. The molecule has 1 unspecified atom stereocenters. The first-order valence-corrected chi connectivity index (χ1v) is 5.17. The molecule has 8 heteroatoms. The fraction of sp³-hybridized carbons (Fsp3) is 0.667. The highest BCUT2D eigenvalue weighted by atomic mass is 32.2. The molecular weight excluding hydrogens is 212 g/mol. The normalized spacial score (nSPS) is 12.9. The first-order valence-electron chi connectivity index (χ1n) is 3.52. The lowest BCUT2D eigenvalue weighted by atomic mass is 10.3. The molecule has 0 fully saturated rings. The van der Waals surface area contributed by atoms with Crippen LogP contribution in [-0.4, -0.2) is 45.0 Å². The number of hydrogen-bond acceptors (Lipinski definition) is 6. The molecule has 0 bridgehead atoms. The number of carbonyl (C=O) groups excluding carboxylic acids is 1. The number of aliphatic hydroxyl groups is 1. The van der Waals surface area contributed by atoms with E-state index in [1.54, 1.807) is 0 Å². The van der Waals surface area contributed by atoms with Gasteiger partial charge in [0.25, 0.3) is 0 Å². The lowest BCUT2D eigenvalue weighted by molar-refractivity contribution is -0.143. The third-order valence-electron chi connectivity index (χ3n) is 1.24. The van der Waals surface area contributed by atoms with Crippen LogP contribution in [0.2, 0.25) is 0 Å². The number of carbonyl (C=O) groups is 1. The number of nitrogens with zero attached hydrogens (tertiary/aromatic N) is 1. The lowest BCUT2D eigenvalue weighted by Crippen LogP contribution is -2.44. The van der Waals surface area contributed by atoms with Crippen molar-refractivity contribution < 1.29 is 23.1 Å². The zero-order chi connectivity index (χ0) is 11.2. The predicted molar refractivity (Wildman–Crippen MR) is 45.4 cm³/mol. The van der Waals surface area contributed by atoms with Gasteiger partial charge < -0.3 is 9.84 Å². The molecule has 0 aliphatic rings. The van der Waals surface area contributed by atoms with E-state index in [1.807, 2.05) is 4.72 Å². The monoisotopic (exact) mass is 222 g/mol. The van der Waals surface area contributed by atoms with E-state index in [1.165, 1.54) is 6.07 Å². The maximum absolute atomic E-state index is 11.0. The molecule has 1 atom stereocenters. The number of nitriles is 1. The predicted octanol–water partition coefficient (Wildman–Crippen LogP) is -2.04. The zero-order valence-electron chi connectivity index (χ0n) is 7.43. The fourth-order valence-electron chi connectivity index (χ4n) is 0.646. The minimum absolute atomic E-state index is 0.725. The number of ether oxygens (including phenoxy) is 1. The number of methoxy groups -OCH3 is 1. The Morgan fingerprint density at radius 2 is 2.29 bits per heavy atom. The summed E-state index contributed by atoms with van der Waals surface area (Å²) in [5, 5.41) is 16.8. The SMILES string of the molecule is COC(=O)C(CO)NS(=O)(=O)CC#N. The number of rotatable bonds is 5. The highest BCUT2D eigenvalue weighted by Gasteiger charge is 2.23. The minimum atomic E-state index is -3.87. The van der Waals surface area contributed by atoms with Crippen LogP contribution in [-0.2, 0) is 19.6 Å². The van der Waals surface area contributed by atoms with Crippen molar-refractivity contribution in [1.29, 1.82) is 5.26 Å². The average Bonchev–Trinajstić information content (AvgIpc) is 2.13. The molecule has 0 aromatic heterocycles. The summed E-state index contributed by atoms with van der Waals surface area (Å²) in [5.41, 5.74) is 0. The Morgan fingerprint density at radius 1 is 1.71 bits per heavy atom. The van der Waals surface area contributed by atoms with Gasteiger partial charge in [-0.1, -0.05) is 0 Å². The van der Waals surface area contributed by atoms with Gasteiger partial charge in [-0.2, -0.15) is 9.98 Å². The van der Waals surface area contributed by atoms with Crippen LogP contribution in [0.1, 0.15) is 0 Å². The molecule has 0 saturated heterocycles. The highest BCUT2D eigenvalue weighted by Crippen LogP contribution is 1.91. The zero-order valence-corrected chi connectivity index (χ0v) is 8.24. The third kappa shape index (κ3) is 4.18. The number of hydrogen-bond donors (Lipinski definition) is 2. The second-order valence-electron chi connectivity index (χ2n) is 2.29. The summed E-state index contributed by atoms with van der Waals surface area (Å²) in [6, 6.07) is 0.0475. The molecular formula is C6H10N2O5S. The quantitative estimate of drug-likeness (QED) is 0.518. The van der Waals surface area contributed by atoms with Crippen molar-refractivity contribution >= 4 is 16.0 Å². The van der Waals surface area contributed by atoms with E-state index in [0.717, 1.165) is 7.11 Å². The summed E-state index contributed by atoms with van der Waals surface area (Å²) in [7, 11) is -2.81. The van der Waals surface area contributed by atoms with Crippen molar-refractivity contribution in [3.8, 4) is 6.07 Å². The largest absolute Gasteiger partial charge is 0.468 e. The van der Waals surface area contributed by atoms with Crippen LogP contribution in [0.5, 0.6) is 0 Å². The summed E-state index contributed by atoms with van der Waals surface area (Å²) in [5.74, 6) is -1.69. The van der Waals surface area contributed by atoms with Crippen molar-refractivity contribution in [3.63, 3.8) is 0 Å². The van der Waals surface area contributed by atoms with E-state index < -0.39 is 34.4 Å². The van der Waals surface area contributed by atoms with Gasteiger partial charge in [0.2, 0.25) is 10.0 Å². The maximum atomic E-state index is 11.0. The molecule has 0 rings (SSSR count). The van der Waals surface area contributed by atoms with Gasteiger partial charge in [0.05, 0.1) is 19.8 Å². The Hall–Kier alpha value is -1.17. The minimum Gasteiger partial charge on any atom is -0.468 e. The smallest absolute Gasteiger partial charge is 0.326 e. The highest BCUT2D eigenvalue weighted by molar-refractivity contribution is 7.89. The summed E-state index contributed by atoms with van der Waals surface area (Å²) < 4.78 is 28.0. The molecule has 80 valence electrons. The standard InChI is InChI=1S/C6H10N2O5S/c1-13-6(10)5(4-9)8-14(11,12)3-2-7/h5,8-9H,3-4H2,1H3. The average molecular weight is 222 g/mol. The lowest BCUT2D eigenvalue weighted by Gasteiger charge is -2.12. The number of sulfonamides is 1. The van der Waals surface area contributed by atoms with Gasteiger partial charge in [-0.05, 0) is 0 Å². The Bertz CT molecular complexity index is 331. The van der Waals surface area contributed by atoms with Crippen molar-refractivity contribution in [2.45, 2.75) is 6.04 Å². The Balaban J connectivity index is 4.48. The topological polar surface area (TPSA) is 116 Å². The molecule has 0 saturated carbocycles. The van der Waals surface area contributed by atoms with E-state index in [4.69, 9.17) is 10.4 Å². The van der Waals surface area contributed by atoms with Gasteiger partial charge >= 0.3 is 5.97 Å². The molecule has 0 aliphatic heterocycles. The fourth-order valence-corrected chi connectivity index (χ4v) is 1.50. The maximum Gasteiger partial charge on any atom is 0.326 e. The van der Waals surface area contributed by atoms with Crippen LogP contribution in [0.3, 0.4) is 0 Å². The van der Waals surface area contributed by atoms with Crippen LogP contribution in [0.4, 0.5) is 0 Å². The second kappa shape index (κ2) is 5.54. The third-order valence-corrected chi connectivity index (χ3v) is 2.40. The number of aliphatic hydroxyl groups excluding tert-OH is 1. The summed E-state index contributed by atoms with van der Waals surface area (Å²) in [6.45, 7) is -0.725. The van der Waals surface area contributed by atoms with Crippen LogP contribution in [0, 0.1) is 11.3 Å². The van der Waals surface area contributed by atoms with Crippen LogP contribution in [0.25, 0.3) is 0 Å². The van der Waals surface area contributed by atoms with Gasteiger partial charge in [-0.25, -0.2) is 8.42 Å². The Morgan fingerprint density at radius 3 is 2.64 bits per heavy atom. The molecule has 0 aromatic rings. The van der Waals surface area contributed by atoms with E-state index in [-0.39, 0.29) is 0 Å². The molecule has 0 heterocycles. The van der Waals surface area contributed by atoms with Crippen molar-refractivity contribution in [2.75, 3.05) is 19.5 Å². The van der Waals surface area contributed by atoms with Crippen LogP contribution < -0.4 is 4.72 Å². The summed E-state index contributed by atoms with van der Waals surface area (Å²) in [6.07, 6.45) is 0. The molecule has 7 nitrogen and oxygen atoms in total. The van der Waals surface area contributed by atoms with Crippen LogP contribution in [0.15, 0.2) is 0 Å². The first-order chi connectivity index (χ1) is 6.46. The van der Waals surface area contributed by atoms with Crippen molar-refractivity contribution in [3.05, 3.63) is 0 Å². The van der Waals surface area contributed by atoms with Gasteiger partial charge in [0.15, 0.2) is 5.75 Å². The molecule has 0 radical (unpaired) electrons. The molecule has 2 N–H and O–H groups in total. The van der Waals surface area contributed by atoms with Crippen LogP contribution >= 0.6 is 0 Å². The Labute approximate surface area is 81.3 Å². The van der Waals surface area contributed by atoms with Gasteiger partial charge in [0.1, 0.15) is 6.04 Å². The molecule has 14 heavy (non-hydrogen) atoms. The number of nitrogens with one attached hydrogen (secondary N) is 1. The van der Waals surface area contributed by atoms with Gasteiger partial charge in [-0.3, -0.25) is 4.79 Å². The molecule has 0 aliphatic carbocycles. The van der Waals surface area contributed by atoms with Gasteiger partial charge in [-0.15, -0.1) is 0 Å². The van der Waals surface area contributed by atoms with E-state index in [2.05, 4.69) is 4.74 Å². The van der Waals surface area contributed by atoms with E-state index in [0.29, 0.717) is 0 Å². The summed E-state index contributed by atoms with van der Waals surface area (Å²) in [4.78, 5) is 10.8. The molecule has 0 amide bonds. The molecule has 0 aromatic carbocycles. The van der Waals surface area contributed by atoms with Crippen molar-refractivity contribution in [2.24, 2.45) is 0 Å².